The molecular weight excluding hydrogens is 337 g/mol. The zero-order valence-corrected chi connectivity index (χ0v) is 12.6. The SMILES string of the molecule is CCc1nc(Cl)cc(Nc2cc(Cl)ccc2Br)n1. The van der Waals surface area contributed by atoms with Crippen LogP contribution in [0.3, 0.4) is 0 Å². The third-order valence-electron chi connectivity index (χ3n) is 2.25. The first kappa shape index (κ1) is 13.6. The molecule has 1 aromatic heterocycles. The third kappa shape index (κ3) is 3.34. The van der Waals surface area contributed by atoms with Gasteiger partial charge in [0.25, 0.3) is 0 Å². The summed E-state index contributed by atoms with van der Waals surface area (Å²) in [6.07, 6.45) is 0.728. The van der Waals surface area contributed by atoms with Gasteiger partial charge in [-0.1, -0.05) is 30.1 Å². The van der Waals surface area contributed by atoms with Crippen LogP contribution in [0.4, 0.5) is 11.5 Å². The second kappa shape index (κ2) is 5.87. The lowest BCUT2D eigenvalue weighted by Crippen LogP contribution is -2.00. The van der Waals surface area contributed by atoms with E-state index in [2.05, 4.69) is 31.2 Å². The lowest BCUT2D eigenvalue weighted by molar-refractivity contribution is 0.943. The molecule has 0 saturated carbocycles. The molecule has 1 heterocycles. The van der Waals surface area contributed by atoms with Crippen LogP contribution in [0.5, 0.6) is 0 Å². The topological polar surface area (TPSA) is 37.8 Å². The van der Waals surface area contributed by atoms with Crippen molar-refractivity contribution < 1.29 is 0 Å². The van der Waals surface area contributed by atoms with E-state index in [1.54, 1.807) is 12.1 Å². The summed E-state index contributed by atoms with van der Waals surface area (Å²) in [5, 5.41) is 4.23. The molecular formula is C12H10BrCl2N3. The average molecular weight is 347 g/mol. The Kier molecular flexibility index (Phi) is 4.43. The van der Waals surface area contributed by atoms with Crippen molar-refractivity contribution in [1.82, 2.24) is 9.97 Å². The van der Waals surface area contributed by atoms with Crippen molar-refractivity contribution in [3.63, 3.8) is 0 Å². The number of rotatable bonds is 3. The first-order valence-corrected chi connectivity index (χ1v) is 6.89. The molecule has 0 unspecified atom stereocenters. The number of aromatic nitrogens is 2. The van der Waals surface area contributed by atoms with Crippen LogP contribution in [0.25, 0.3) is 0 Å². The molecule has 0 saturated heterocycles. The predicted octanol–water partition coefficient (Wildman–Crippen LogP) is 4.85. The number of hydrogen-bond donors (Lipinski definition) is 1. The van der Waals surface area contributed by atoms with E-state index in [4.69, 9.17) is 23.2 Å². The summed E-state index contributed by atoms with van der Waals surface area (Å²) < 4.78 is 0.902. The van der Waals surface area contributed by atoms with E-state index >= 15 is 0 Å². The molecule has 0 bridgehead atoms. The summed E-state index contributed by atoms with van der Waals surface area (Å²) in [6.45, 7) is 1.98. The fourth-order valence-corrected chi connectivity index (χ4v) is 2.14. The first-order chi connectivity index (χ1) is 8.58. The van der Waals surface area contributed by atoms with E-state index in [1.807, 2.05) is 19.1 Å². The van der Waals surface area contributed by atoms with Crippen molar-refractivity contribution in [3.8, 4) is 0 Å². The van der Waals surface area contributed by atoms with E-state index in [1.165, 1.54) is 0 Å². The minimum absolute atomic E-state index is 0.419. The molecule has 18 heavy (non-hydrogen) atoms. The molecule has 0 atom stereocenters. The van der Waals surface area contributed by atoms with Gasteiger partial charge in [0.15, 0.2) is 0 Å². The summed E-state index contributed by atoms with van der Waals surface area (Å²) in [7, 11) is 0. The van der Waals surface area contributed by atoms with Gasteiger partial charge in [-0.3, -0.25) is 0 Å². The summed E-state index contributed by atoms with van der Waals surface area (Å²) in [6, 6.07) is 7.16. The molecule has 0 aliphatic rings. The van der Waals surface area contributed by atoms with Crippen molar-refractivity contribution in [3.05, 3.63) is 44.7 Å². The molecule has 0 spiro atoms. The van der Waals surface area contributed by atoms with E-state index < -0.39 is 0 Å². The van der Waals surface area contributed by atoms with Crippen LogP contribution in [0, 0.1) is 0 Å². The molecule has 1 N–H and O–H groups in total. The van der Waals surface area contributed by atoms with Crippen LogP contribution in [0.2, 0.25) is 10.2 Å². The molecule has 1 aromatic carbocycles. The number of aryl methyl sites for hydroxylation is 1. The quantitative estimate of drug-likeness (QED) is 0.807. The Morgan fingerprint density at radius 2 is 2.00 bits per heavy atom. The molecule has 0 aliphatic carbocycles. The molecule has 94 valence electrons. The van der Waals surface area contributed by atoms with Crippen LogP contribution in [-0.2, 0) is 6.42 Å². The van der Waals surface area contributed by atoms with Crippen molar-refractivity contribution >= 4 is 50.6 Å². The van der Waals surface area contributed by atoms with Crippen molar-refractivity contribution in [2.24, 2.45) is 0 Å². The third-order valence-corrected chi connectivity index (χ3v) is 3.37. The van der Waals surface area contributed by atoms with Crippen molar-refractivity contribution in [1.29, 1.82) is 0 Å². The Bertz CT molecular complexity index is 575. The van der Waals surface area contributed by atoms with E-state index in [0.29, 0.717) is 21.8 Å². The summed E-state index contributed by atoms with van der Waals surface area (Å²) in [5.74, 6) is 1.35. The Morgan fingerprint density at radius 1 is 1.22 bits per heavy atom. The Hall–Kier alpha value is -0.840. The zero-order chi connectivity index (χ0) is 13.1. The average Bonchev–Trinajstić information content (AvgIpc) is 2.33. The molecule has 2 aromatic rings. The van der Waals surface area contributed by atoms with Crippen LogP contribution >= 0.6 is 39.1 Å². The molecule has 3 nitrogen and oxygen atoms in total. The van der Waals surface area contributed by atoms with E-state index in [-0.39, 0.29) is 0 Å². The van der Waals surface area contributed by atoms with Gasteiger partial charge < -0.3 is 5.32 Å². The van der Waals surface area contributed by atoms with E-state index in [0.717, 1.165) is 16.6 Å². The Labute approximate surface area is 124 Å². The minimum Gasteiger partial charge on any atom is -0.339 e. The van der Waals surface area contributed by atoms with Crippen LogP contribution < -0.4 is 5.32 Å². The number of halogens is 3. The van der Waals surface area contributed by atoms with Crippen molar-refractivity contribution in [2.75, 3.05) is 5.32 Å². The zero-order valence-electron chi connectivity index (χ0n) is 9.54. The fraction of sp³-hybridized carbons (Fsp3) is 0.167. The molecule has 0 radical (unpaired) electrons. The summed E-state index contributed by atoms with van der Waals surface area (Å²) in [4.78, 5) is 8.46. The van der Waals surface area contributed by atoms with Gasteiger partial charge >= 0.3 is 0 Å². The fourth-order valence-electron chi connectivity index (χ4n) is 1.42. The van der Waals surface area contributed by atoms with Gasteiger partial charge in [-0.25, -0.2) is 9.97 Å². The molecule has 6 heteroatoms. The summed E-state index contributed by atoms with van der Waals surface area (Å²) in [5.41, 5.74) is 0.833. The van der Waals surface area contributed by atoms with Crippen LogP contribution in [-0.4, -0.2) is 9.97 Å². The number of nitrogens with one attached hydrogen (secondary N) is 1. The highest BCUT2D eigenvalue weighted by atomic mass is 79.9. The first-order valence-electron chi connectivity index (χ1n) is 5.34. The molecule has 0 aliphatic heterocycles. The maximum absolute atomic E-state index is 5.95. The maximum Gasteiger partial charge on any atom is 0.135 e. The van der Waals surface area contributed by atoms with Gasteiger partial charge in [0.05, 0.1) is 5.69 Å². The molecule has 2 rings (SSSR count). The van der Waals surface area contributed by atoms with Gasteiger partial charge in [0, 0.05) is 22.0 Å². The highest BCUT2D eigenvalue weighted by molar-refractivity contribution is 9.10. The van der Waals surface area contributed by atoms with Crippen molar-refractivity contribution in [2.45, 2.75) is 13.3 Å². The van der Waals surface area contributed by atoms with Gasteiger partial charge in [-0.05, 0) is 34.1 Å². The highest BCUT2D eigenvalue weighted by Crippen LogP contribution is 2.28. The van der Waals surface area contributed by atoms with Gasteiger partial charge in [-0.2, -0.15) is 0 Å². The second-order valence-corrected chi connectivity index (χ2v) is 5.27. The highest BCUT2D eigenvalue weighted by Gasteiger charge is 2.05. The largest absolute Gasteiger partial charge is 0.339 e. The van der Waals surface area contributed by atoms with Crippen LogP contribution in [0.1, 0.15) is 12.7 Å². The van der Waals surface area contributed by atoms with Gasteiger partial charge in [0.1, 0.15) is 16.8 Å². The number of benzene rings is 1. The lowest BCUT2D eigenvalue weighted by Gasteiger charge is -2.09. The Morgan fingerprint density at radius 3 is 2.72 bits per heavy atom. The number of hydrogen-bond acceptors (Lipinski definition) is 3. The lowest BCUT2D eigenvalue weighted by atomic mass is 10.3. The second-order valence-electron chi connectivity index (χ2n) is 3.59. The maximum atomic E-state index is 5.95. The Balaban J connectivity index is 2.33. The van der Waals surface area contributed by atoms with Crippen LogP contribution in [0.15, 0.2) is 28.7 Å². The van der Waals surface area contributed by atoms with Gasteiger partial charge in [0.2, 0.25) is 0 Å². The van der Waals surface area contributed by atoms with E-state index in [9.17, 15) is 0 Å². The standard InChI is InChI=1S/C12H10BrCl2N3/c1-2-11-17-10(15)6-12(18-11)16-9-5-7(14)3-4-8(9)13/h3-6H,2H2,1H3,(H,16,17,18). The monoisotopic (exact) mass is 345 g/mol. The molecule has 0 fully saturated rings. The van der Waals surface area contributed by atoms with Gasteiger partial charge in [-0.15, -0.1) is 0 Å². The number of anilines is 2. The minimum atomic E-state index is 0.419. The molecule has 0 amide bonds. The predicted molar refractivity (Wildman–Crippen MR) is 78.9 cm³/mol. The smallest absolute Gasteiger partial charge is 0.135 e. The normalized spacial score (nSPS) is 10.4. The summed E-state index contributed by atoms with van der Waals surface area (Å²) >= 11 is 15.3. The number of nitrogens with zero attached hydrogens (tertiary/aromatic N) is 2.